The number of aromatic nitrogens is 2. The van der Waals surface area contributed by atoms with Crippen LogP contribution in [0.25, 0.3) is 0 Å². The van der Waals surface area contributed by atoms with Crippen LogP contribution in [0.5, 0.6) is 5.88 Å². The van der Waals surface area contributed by atoms with Gasteiger partial charge < -0.3 is 4.74 Å². The Morgan fingerprint density at radius 3 is 2.92 bits per heavy atom. The highest BCUT2D eigenvalue weighted by molar-refractivity contribution is 5.68. The second-order valence-electron chi connectivity index (χ2n) is 2.20. The van der Waals surface area contributed by atoms with Crippen LogP contribution in [0.1, 0.15) is 12.6 Å². The summed E-state index contributed by atoms with van der Waals surface area (Å²) in [6, 6.07) is 3.24. The molecule has 0 saturated heterocycles. The maximum absolute atomic E-state index is 10.5. The molecule has 0 fully saturated rings. The van der Waals surface area contributed by atoms with Crippen molar-refractivity contribution in [3.8, 4) is 11.9 Å². The average molecular weight is 165 g/mol. The van der Waals surface area contributed by atoms with E-state index in [0.29, 0.717) is 0 Å². The molecule has 0 atom stereocenters. The molecule has 0 unspecified atom stereocenters. The van der Waals surface area contributed by atoms with Crippen LogP contribution in [0.4, 0.5) is 0 Å². The second-order valence-corrected chi connectivity index (χ2v) is 2.20. The summed E-state index contributed by atoms with van der Waals surface area (Å²) in [5.41, 5.74) is 0.230. The molecular formula is C7H7N3O2. The summed E-state index contributed by atoms with van der Waals surface area (Å²) in [6.07, 6.45) is 0. The zero-order chi connectivity index (χ0) is 9.14. The molecule has 1 aromatic rings. The summed E-state index contributed by atoms with van der Waals surface area (Å²) in [5.74, 6) is -0.151. The van der Waals surface area contributed by atoms with Crippen LogP contribution in [-0.2, 0) is 11.8 Å². The highest BCUT2D eigenvalue weighted by Gasteiger charge is 2.06. The summed E-state index contributed by atoms with van der Waals surface area (Å²) in [5, 5.41) is 12.2. The van der Waals surface area contributed by atoms with Gasteiger partial charge in [0, 0.05) is 20.0 Å². The van der Waals surface area contributed by atoms with Crippen molar-refractivity contribution in [1.29, 1.82) is 5.26 Å². The van der Waals surface area contributed by atoms with Crippen LogP contribution in [0.15, 0.2) is 6.07 Å². The number of nitrogens with zero attached hydrogens (tertiary/aromatic N) is 3. The Balaban J connectivity index is 2.94. The van der Waals surface area contributed by atoms with Gasteiger partial charge in [-0.1, -0.05) is 0 Å². The van der Waals surface area contributed by atoms with Gasteiger partial charge >= 0.3 is 5.97 Å². The first-order valence-electron chi connectivity index (χ1n) is 3.26. The number of carbonyl (C=O) groups excluding carboxylic acids is 1. The lowest BCUT2D eigenvalue weighted by Crippen LogP contribution is -2.05. The average Bonchev–Trinajstić information content (AvgIpc) is 2.31. The highest BCUT2D eigenvalue weighted by atomic mass is 16.5. The van der Waals surface area contributed by atoms with Gasteiger partial charge in [0.25, 0.3) is 0 Å². The van der Waals surface area contributed by atoms with E-state index in [1.165, 1.54) is 17.7 Å². The van der Waals surface area contributed by atoms with Gasteiger partial charge in [-0.05, 0) is 0 Å². The summed E-state index contributed by atoms with van der Waals surface area (Å²) in [7, 11) is 1.60. The fourth-order valence-electron chi connectivity index (χ4n) is 0.748. The summed E-state index contributed by atoms with van der Waals surface area (Å²) in [4.78, 5) is 10.5. The smallest absolute Gasteiger partial charge is 0.309 e. The molecule has 0 spiro atoms. The van der Waals surface area contributed by atoms with Gasteiger partial charge in [-0.15, -0.1) is 0 Å². The maximum Gasteiger partial charge on any atom is 0.309 e. The number of aryl methyl sites for hydroxylation is 1. The van der Waals surface area contributed by atoms with Crippen molar-refractivity contribution in [1.82, 2.24) is 9.78 Å². The molecule has 0 radical (unpaired) electrons. The molecule has 5 heteroatoms. The van der Waals surface area contributed by atoms with Crippen molar-refractivity contribution in [2.24, 2.45) is 7.05 Å². The van der Waals surface area contributed by atoms with Gasteiger partial charge in [-0.25, -0.2) is 4.68 Å². The maximum atomic E-state index is 10.5. The Kier molecular flexibility index (Phi) is 2.10. The van der Waals surface area contributed by atoms with Crippen molar-refractivity contribution in [2.45, 2.75) is 6.92 Å². The van der Waals surface area contributed by atoms with E-state index in [1.807, 2.05) is 6.07 Å². The van der Waals surface area contributed by atoms with E-state index >= 15 is 0 Å². The third-order valence-electron chi connectivity index (χ3n) is 1.20. The number of esters is 1. The highest BCUT2D eigenvalue weighted by Crippen LogP contribution is 2.10. The number of carbonyl (C=O) groups is 1. The van der Waals surface area contributed by atoms with Crippen LogP contribution in [0.3, 0.4) is 0 Å². The molecule has 0 aliphatic carbocycles. The number of hydrogen-bond acceptors (Lipinski definition) is 4. The van der Waals surface area contributed by atoms with E-state index in [2.05, 4.69) is 5.10 Å². The van der Waals surface area contributed by atoms with Gasteiger partial charge in [0.1, 0.15) is 6.07 Å². The second kappa shape index (κ2) is 3.05. The molecule has 5 nitrogen and oxygen atoms in total. The lowest BCUT2D eigenvalue weighted by atomic mass is 10.5. The van der Waals surface area contributed by atoms with E-state index in [-0.39, 0.29) is 11.6 Å². The minimum atomic E-state index is -0.428. The van der Waals surface area contributed by atoms with Gasteiger partial charge in [-0.3, -0.25) is 4.79 Å². The van der Waals surface area contributed by atoms with E-state index in [9.17, 15) is 4.79 Å². The Morgan fingerprint density at radius 1 is 1.83 bits per heavy atom. The third-order valence-corrected chi connectivity index (χ3v) is 1.20. The molecular weight excluding hydrogens is 158 g/mol. The Hall–Kier alpha value is -1.83. The lowest BCUT2D eigenvalue weighted by Gasteiger charge is -1.98. The topological polar surface area (TPSA) is 67.9 Å². The number of hydrogen-bond donors (Lipinski definition) is 0. The lowest BCUT2D eigenvalue weighted by molar-refractivity contribution is -0.132. The third kappa shape index (κ3) is 1.61. The molecule has 0 N–H and O–H groups in total. The molecule has 0 aliphatic heterocycles. The van der Waals surface area contributed by atoms with Crippen LogP contribution in [0, 0.1) is 11.3 Å². The zero-order valence-corrected chi connectivity index (χ0v) is 6.74. The largest absolute Gasteiger partial charge is 0.408 e. The molecule has 1 rings (SSSR count). The van der Waals surface area contributed by atoms with Crippen LogP contribution in [-0.4, -0.2) is 15.7 Å². The number of nitriles is 1. The van der Waals surface area contributed by atoms with Crippen molar-refractivity contribution in [2.75, 3.05) is 0 Å². The first-order valence-corrected chi connectivity index (χ1v) is 3.26. The molecule has 0 bridgehead atoms. The molecule has 0 aliphatic rings. The van der Waals surface area contributed by atoms with Crippen LogP contribution in [0.2, 0.25) is 0 Å². The standard InChI is InChI=1S/C7H7N3O2/c1-5(11)12-7-3-6(4-8)9-10(7)2/h3H,1-2H3. The summed E-state index contributed by atoms with van der Waals surface area (Å²) in [6.45, 7) is 1.29. The van der Waals surface area contributed by atoms with Crippen molar-refractivity contribution < 1.29 is 9.53 Å². The number of ether oxygens (including phenoxy) is 1. The Morgan fingerprint density at radius 2 is 2.50 bits per heavy atom. The minimum absolute atomic E-state index is 0.230. The Bertz CT molecular complexity index is 348. The molecule has 0 amide bonds. The summed E-state index contributed by atoms with van der Waals surface area (Å²) < 4.78 is 6.07. The normalized spacial score (nSPS) is 9.08. The van der Waals surface area contributed by atoms with Crippen molar-refractivity contribution in [3.05, 3.63) is 11.8 Å². The molecule has 62 valence electrons. The monoisotopic (exact) mass is 165 g/mol. The van der Waals surface area contributed by atoms with Gasteiger partial charge in [0.2, 0.25) is 5.88 Å². The van der Waals surface area contributed by atoms with E-state index in [0.717, 1.165) is 0 Å². The molecule has 0 saturated carbocycles. The summed E-state index contributed by atoms with van der Waals surface area (Å²) >= 11 is 0. The van der Waals surface area contributed by atoms with Gasteiger partial charge in [0.05, 0.1) is 0 Å². The minimum Gasteiger partial charge on any atom is -0.408 e. The molecule has 0 aromatic carbocycles. The molecule has 1 heterocycles. The molecule has 1 aromatic heterocycles. The molecule has 12 heavy (non-hydrogen) atoms. The first kappa shape index (κ1) is 8.27. The fraction of sp³-hybridized carbons (Fsp3) is 0.286. The SMILES string of the molecule is CC(=O)Oc1cc(C#N)nn1C. The van der Waals surface area contributed by atoms with Crippen LogP contribution >= 0.6 is 0 Å². The first-order chi connectivity index (χ1) is 5.63. The zero-order valence-electron chi connectivity index (χ0n) is 6.74. The predicted molar refractivity (Wildman–Crippen MR) is 39.2 cm³/mol. The van der Waals surface area contributed by atoms with Crippen molar-refractivity contribution >= 4 is 5.97 Å². The Labute approximate surface area is 69.2 Å². The van der Waals surface area contributed by atoms with Crippen LogP contribution < -0.4 is 4.74 Å². The fourth-order valence-corrected chi connectivity index (χ4v) is 0.748. The van der Waals surface area contributed by atoms with E-state index in [1.54, 1.807) is 7.05 Å². The number of rotatable bonds is 1. The van der Waals surface area contributed by atoms with Gasteiger partial charge in [-0.2, -0.15) is 10.4 Å². The van der Waals surface area contributed by atoms with Gasteiger partial charge in [0.15, 0.2) is 5.69 Å². The predicted octanol–water partition coefficient (Wildman–Crippen LogP) is 0.217. The van der Waals surface area contributed by atoms with E-state index in [4.69, 9.17) is 10.00 Å². The van der Waals surface area contributed by atoms with Crippen molar-refractivity contribution in [3.63, 3.8) is 0 Å². The van der Waals surface area contributed by atoms with E-state index < -0.39 is 5.97 Å². The quantitative estimate of drug-likeness (QED) is 0.558.